The van der Waals surface area contributed by atoms with Crippen molar-refractivity contribution < 1.29 is 14.5 Å². The van der Waals surface area contributed by atoms with E-state index in [1.54, 1.807) is 6.07 Å². The van der Waals surface area contributed by atoms with Crippen LogP contribution in [0.15, 0.2) is 24.3 Å². The average Bonchev–Trinajstić information content (AvgIpc) is 2.41. The Kier molecular flexibility index (Phi) is 4.26. The van der Waals surface area contributed by atoms with E-state index in [1.165, 1.54) is 18.2 Å². The van der Waals surface area contributed by atoms with Crippen molar-refractivity contribution in [2.75, 3.05) is 18.4 Å². The molecule has 1 atom stereocenters. The SMILES string of the molecule is O=C(C[C@@H]1NCCNC1=O)Nc1ccccc1[N+](=O)[O-]. The van der Waals surface area contributed by atoms with Crippen molar-refractivity contribution in [1.82, 2.24) is 10.6 Å². The van der Waals surface area contributed by atoms with Crippen molar-refractivity contribution in [2.45, 2.75) is 12.5 Å². The fourth-order valence-corrected chi connectivity index (χ4v) is 1.94. The summed E-state index contributed by atoms with van der Waals surface area (Å²) in [7, 11) is 0. The molecule has 0 saturated carbocycles. The van der Waals surface area contributed by atoms with Crippen molar-refractivity contribution in [3.05, 3.63) is 34.4 Å². The Balaban J connectivity index is 2.01. The third-order valence-corrected chi connectivity index (χ3v) is 2.90. The third-order valence-electron chi connectivity index (χ3n) is 2.90. The van der Waals surface area contributed by atoms with Crippen LogP contribution >= 0.6 is 0 Å². The summed E-state index contributed by atoms with van der Waals surface area (Å²) >= 11 is 0. The number of para-hydroxylation sites is 2. The number of anilines is 1. The molecule has 0 radical (unpaired) electrons. The number of benzene rings is 1. The van der Waals surface area contributed by atoms with Crippen LogP contribution in [-0.4, -0.2) is 35.9 Å². The fraction of sp³-hybridized carbons (Fsp3) is 0.333. The van der Waals surface area contributed by atoms with E-state index in [9.17, 15) is 19.7 Å². The van der Waals surface area contributed by atoms with Crippen LogP contribution in [0.5, 0.6) is 0 Å². The normalized spacial score (nSPS) is 18.2. The molecule has 1 aliphatic rings. The van der Waals surface area contributed by atoms with Gasteiger partial charge >= 0.3 is 0 Å². The number of nitrogens with one attached hydrogen (secondary N) is 3. The minimum absolute atomic E-state index is 0.0715. The number of carbonyl (C=O) groups is 2. The number of nitro benzene ring substituents is 1. The highest BCUT2D eigenvalue weighted by Gasteiger charge is 2.25. The van der Waals surface area contributed by atoms with Gasteiger partial charge in [0, 0.05) is 19.2 Å². The van der Waals surface area contributed by atoms with E-state index in [2.05, 4.69) is 16.0 Å². The highest BCUT2D eigenvalue weighted by molar-refractivity contribution is 5.97. The summed E-state index contributed by atoms with van der Waals surface area (Å²) in [6.07, 6.45) is -0.0715. The van der Waals surface area contributed by atoms with Gasteiger partial charge in [-0.15, -0.1) is 0 Å². The molecule has 2 rings (SSSR count). The molecule has 0 aromatic heterocycles. The minimum atomic E-state index is -0.605. The molecule has 1 aromatic carbocycles. The highest BCUT2D eigenvalue weighted by Crippen LogP contribution is 2.23. The molecule has 1 aromatic rings. The van der Waals surface area contributed by atoms with Gasteiger partial charge in [-0.1, -0.05) is 12.1 Å². The second kappa shape index (κ2) is 6.11. The predicted molar refractivity (Wildman–Crippen MR) is 71.1 cm³/mol. The Morgan fingerprint density at radius 1 is 1.40 bits per heavy atom. The van der Waals surface area contributed by atoms with E-state index < -0.39 is 16.9 Å². The first kappa shape index (κ1) is 13.9. The number of hydrogen-bond donors (Lipinski definition) is 3. The molecule has 1 heterocycles. The number of nitrogens with zero attached hydrogens (tertiary/aromatic N) is 1. The zero-order valence-corrected chi connectivity index (χ0v) is 10.6. The van der Waals surface area contributed by atoms with E-state index >= 15 is 0 Å². The zero-order chi connectivity index (χ0) is 14.5. The summed E-state index contributed by atoms with van der Waals surface area (Å²) in [5.74, 6) is -0.692. The Bertz CT molecular complexity index is 546. The largest absolute Gasteiger partial charge is 0.353 e. The number of rotatable bonds is 4. The van der Waals surface area contributed by atoms with Crippen molar-refractivity contribution in [3.8, 4) is 0 Å². The molecule has 20 heavy (non-hydrogen) atoms. The van der Waals surface area contributed by atoms with Crippen LogP contribution in [0.25, 0.3) is 0 Å². The summed E-state index contributed by atoms with van der Waals surface area (Å²) in [5.41, 5.74) is -0.0550. The van der Waals surface area contributed by atoms with Gasteiger partial charge in [-0.2, -0.15) is 0 Å². The standard InChI is InChI=1S/C12H14N4O4/c17-11(7-9-12(18)14-6-5-13-9)15-8-3-1-2-4-10(8)16(19)20/h1-4,9,13H,5-7H2,(H,14,18)(H,15,17)/t9-/m0/s1. The fourth-order valence-electron chi connectivity index (χ4n) is 1.94. The molecule has 1 aliphatic heterocycles. The average molecular weight is 278 g/mol. The van der Waals surface area contributed by atoms with Crippen molar-refractivity contribution in [2.24, 2.45) is 0 Å². The zero-order valence-electron chi connectivity index (χ0n) is 10.6. The maximum absolute atomic E-state index is 11.8. The number of amides is 2. The molecular formula is C12H14N4O4. The van der Waals surface area contributed by atoms with Gasteiger partial charge in [-0.3, -0.25) is 19.7 Å². The molecule has 1 saturated heterocycles. The van der Waals surface area contributed by atoms with Crippen LogP contribution in [0.2, 0.25) is 0 Å². The number of hydrogen-bond acceptors (Lipinski definition) is 5. The van der Waals surface area contributed by atoms with E-state index in [1.807, 2.05) is 0 Å². The van der Waals surface area contributed by atoms with Gasteiger partial charge in [-0.25, -0.2) is 0 Å². The predicted octanol–water partition coefficient (Wildman–Crippen LogP) is 0.0114. The highest BCUT2D eigenvalue weighted by atomic mass is 16.6. The molecule has 0 unspecified atom stereocenters. The third kappa shape index (κ3) is 3.29. The maximum atomic E-state index is 11.8. The van der Waals surface area contributed by atoms with Gasteiger partial charge in [0.2, 0.25) is 11.8 Å². The molecule has 2 amide bonds. The van der Waals surface area contributed by atoms with Crippen molar-refractivity contribution >= 4 is 23.2 Å². The Labute approximate surface area is 114 Å². The number of carbonyl (C=O) groups excluding carboxylic acids is 2. The summed E-state index contributed by atoms with van der Waals surface area (Å²) in [6.45, 7) is 1.12. The minimum Gasteiger partial charge on any atom is -0.353 e. The van der Waals surface area contributed by atoms with E-state index in [0.717, 1.165) is 0 Å². The molecule has 0 spiro atoms. The molecule has 0 aliphatic carbocycles. The lowest BCUT2D eigenvalue weighted by Gasteiger charge is -2.22. The molecule has 1 fully saturated rings. The Morgan fingerprint density at radius 2 is 2.15 bits per heavy atom. The topological polar surface area (TPSA) is 113 Å². The lowest BCUT2D eigenvalue weighted by atomic mass is 10.1. The monoisotopic (exact) mass is 278 g/mol. The van der Waals surface area contributed by atoms with Crippen LogP contribution < -0.4 is 16.0 Å². The first-order valence-corrected chi connectivity index (χ1v) is 6.12. The molecule has 0 bridgehead atoms. The first-order valence-electron chi connectivity index (χ1n) is 6.12. The Hall–Kier alpha value is -2.48. The van der Waals surface area contributed by atoms with Crippen LogP contribution in [0, 0.1) is 10.1 Å². The van der Waals surface area contributed by atoms with Gasteiger partial charge in [0.25, 0.3) is 5.69 Å². The summed E-state index contributed by atoms with van der Waals surface area (Å²) in [6, 6.07) is 5.26. The Morgan fingerprint density at radius 3 is 2.85 bits per heavy atom. The molecule has 106 valence electrons. The van der Waals surface area contributed by atoms with Gasteiger partial charge in [0.05, 0.1) is 17.4 Å². The molecule has 8 heteroatoms. The number of nitro groups is 1. The smallest absolute Gasteiger partial charge is 0.292 e. The van der Waals surface area contributed by atoms with Crippen LogP contribution in [0.1, 0.15) is 6.42 Å². The van der Waals surface area contributed by atoms with Gasteiger partial charge in [0.15, 0.2) is 0 Å². The molecule has 8 nitrogen and oxygen atoms in total. The quantitative estimate of drug-likeness (QED) is 0.530. The number of piperazine rings is 1. The molecular weight excluding hydrogens is 264 g/mol. The van der Waals surface area contributed by atoms with Crippen LogP contribution in [0.3, 0.4) is 0 Å². The van der Waals surface area contributed by atoms with Crippen LogP contribution in [0.4, 0.5) is 11.4 Å². The van der Waals surface area contributed by atoms with E-state index in [4.69, 9.17) is 0 Å². The van der Waals surface area contributed by atoms with Crippen molar-refractivity contribution in [3.63, 3.8) is 0 Å². The summed E-state index contributed by atoms with van der Waals surface area (Å²) in [5, 5.41) is 18.8. The second-order valence-corrected chi connectivity index (χ2v) is 4.32. The van der Waals surface area contributed by atoms with E-state index in [0.29, 0.717) is 13.1 Å². The van der Waals surface area contributed by atoms with E-state index in [-0.39, 0.29) is 23.7 Å². The molecule has 3 N–H and O–H groups in total. The van der Waals surface area contributed by atoms with Gasteiger partial charge in [0.1, 0.15) is 5.69 Å². The first-order chi connectivity index (χ1) is 9.58. The van der Waals surface area contributed by atoms with Gasteiger partial charge in [-0.05, 0) is 6.07 Å². The summed E-state index contributed by atoms with van der Waals surface area (Å²) < 4.78 is 0. The van der Waals surface area contributed by atoms with Crippen molar-refractivity contribution in [1.29, 1.82) is 0 Å². The summed E-state index contributed by atoms with van der Waals surface area (Å²) in [4.78, 5) is 33.6. The lowest BCUT2D eigenvalue weighted by molar-refractivity contribution is -0.383. The van der Waals surface area contributed by atoms with Crippen LogP contribution in [-0.2, 0) is 9.59 Å². The lowest BCUT2D eigenvalue weighted by Crippen LogP contribution is -2.53. The van der Waals surface area contributed by atoms with Gasteiger partial charge < -0.3 is 16.0 Å². The maximum Gasteiger partial charge on any atom is 0.292 e. The second-order valence-electron chi connectivity index (χ2n) is 4.32.